The van der Waals surface area contributed by atoms with Crippen molar-refractivity contribution in [3.05, 3.63) is 46.5 Å². The quantitative estimate of drug-likeness (QED) is 0.746. The first-order valence-electron chi connectivity index (χ1n) is 8.07. The summed E-state index contributed by atoms with van der Waals surface area (Å²) in [6.45, 7) is 3.02. The highest BCUT2D eigenvalue weighted by Gasteiger charge is 2.20. The number of aryl methyl sites for hydroxylation is 1. The van der Waals surface area contributed by atoms with E-state index in [1.807, 2.05) is 23.9 Å². The van der Waals surface area contributed by atoms with Crippen molar-refractivity contribution in [2.24, 2.45) is 7.05 Å². The smallest absolute Gasteiger partial charge is 0.261 e. The van der Waals surface area contributed by atoms with Crippen LogP contribution in [0.3, 0.4) is 0 Å². The van der Waals surface area contributed by atoms with Crippen LogP contribution in [0.15, 0.2) is 35.4 Å². The summed E-state index contributed by atoms with van der Waals surface area (Å²) in [6.07, 6.45) is 3.43. The third-order valence-electron chi connectivity index (χ3n) is 4.50. The Bertz CT molecular complexity index is 1000. The van der Waals surface area contributed by atoms with Crippen LogP contribution in [0.5, 0.6) is 0 Å². The number of nitrogens with one attached hydrogen (secondary N) is 1. The van der Waals surface area contributed by atoms with Gasteiger partial charge in [0.15, 0.2) is 0 Å². The predicted octanol–water partition coefficient (Wildman–Crippen LogP) is 0.855. The van der Waals surface area contributed by atoms with Crippen molar-refractivity contribution < 1.29 is 0 Å². The first kappa shape index (κ1) is 15.2. The molecule has 25 heavy (non-hydrogen) atoms. The van der Waals surface area contributed by atoms with Crippen molar-refractivity contribution in [3.8, 4) is 6.07 Å². The molecule has 3 aromatic rings. The van der Waals surface area contributed by atoms with Gasteiger partial charge in [-0.1, -0.05) is 0 Å². The molecule has 1 saturated heterocycles. The molecule has 0 bridgehead atoms. The summed E-state index contributed by atoms with van der Waals surface area (Å²) in [7, 11) is 1.88. The number of nitriles is 1. The molecule has 0 aliphatic carbocycles. The van der Waals surface area contributed by atoms with E-state index < -0.39 is 0 Å². The Hall–Kier alpha value is -3.34. The Morgan fingerprint density at radius 1 is 1.16 bits per heavy atom. The zero-order chi connectivity index (χ0) is 17.4. The number of aromatic nitrogens is 4. The summed E-state index contributed by atoms with van der Waals surface area (Å²) in [4.78, 5) is 28.3. The van der Waals surface area contributed by atoms with Gasteiger partial charge in [0.2, 0.25) is 5.95 Å². The number of rotatable bonds is 2. The SMILES string of the molecule is Cn1ccc2c(=O)[nH]c(N3CCN(c4ccc(C#N)cn4)CC3)nc21. The number of hydrogen-bond acceptors (Lipinski definition) is 6. The Balaban J connectivity index is 1.52. The van der Waals surface area contributed by atoms with Gasteiger partial charge < -0.3 is 14.4 Å². The van der Waals surface area contributed by atoms with E-state index in [1.165, 1.54) is 0 Å². The molecule has 3 aromatic heterocycles. The minimum atomic E-state index is -0.114. The lowest BCUT2D eigenvalue weighted by Crippen LogP contribution is -2.47. The van der Waals surface area contributed by atoms with Gasteiger partial charge in [0.05, 0.1) is 10.9 Å². The summed E-state index contributed by atoms with van der Waals surface area (Å²) in [6, 6.07) is 7.49. The monoisotopic (exact) mass is 335 g/mol. The van der Waals surface area contributed by atoms with Crippen LogP contribution in [-0.2, 0) is 7.05 Å². The maximum Gasteiger partial charge on any atom is 0.261 e. The second kappa shape index (κ2) is 5.94. The van der Waals surface area contributed by atoms with Gasteiger partial charge in [-0.2, -0.15) is 10.2 Å². The van der Waals surface area contributed by atoms with Gasteiger partial charge in [-0.25, -0.2) is 4.98 Å². The summed E-state index contributed by atoms with van der Waals surface area (Å²) < 4.78 is 1.85. The molecule has 4 heterocycles. The van der Waals surface area contributed by atoms with Crippen molar-refractivity contribution in [2.75, 3.05) is 36.0 Å². The van der Waals surface area contributed by atoms with Gasteiger partial charge in [-0.3, -0.25) is 9.78 Å². The van der Waals surface area contributed by atoms with Crippen LogP contribution in [0, 0.1) is 11.3 Å². The first-order chi connectivity index (χ1) is 12.2. The lowest BCUT2D eigenvalue weighted by Gasteiger charge is -2.35. The number of piperazine rings is 1. The number of aromatic amines is 1. The molecule has 0 amide bonds. The molecule has 0 radical (unpaired) electrons. The van der Waals surface area contributed by atoms with Gasteiger partial charge in [0.1, 0.15) is 17.5 Å². The van der Waals surface area contributed by atoms with Crippen molar-refractivity contribution >= 4 is 22.8 Å². The Morgan fingerprint density at radius 2 is 1.92 bits per heavy atom. The van der Waals surface area contributed by atoms with Gasteiger partial charge >= 0.3 is 0 Å². The predicted molar refractivity (Wildman–Crippen MR) is 94.7 cm³/mol. The van der Waals surface area contributed by atoms with Crippen LogP contribution >= 0.6 is 0 Å². The van der Waals surface area contributed by atoms with Crippen molar-refractivity contribution in [2.45, 2.75) is 0 Å². The fraction of sp³-hybridized carbons (Fsp3) is 0.294. The summed E-state index contributed by atoms with van der Waals surface area (Å²) >= 11 is 0. The number of hydrogen-bond donors (Lipinski definition) is 1. The average Bonchev–Trinajstić information content (AvgIpc) is 3.04. The standard InChI is InChI=1S/C17H17N7O/c1-22-5-4-13-15(22)20-17(21-16(13)25)24-8-6-23(7-9-24)14-3-2-12(10-18)11-19-14/h2-5,11H,6-9H2,1H3,(H,20,21,25). The minimum absolute atomic E-state index is 0.114. The van der Waals surface area contributed by atoms with Crippen molar-refractivity contribution in [3.63, 3.8) is 0 Å². The molecule has 0 aromatic carbocycles. The minimum Gasteiger partial charge on any atom is -0.353 e. The molecule has 1 aliphatic heterocycles. The van der Waals surface area contributed by atoms with Crippen LogP contribution in [0.2, 0.25) is 0 Å². The zero-order valence-electron chi connectivity index (χ0n) is 13.8. The lowest BCUT2D eigenvalue weighted by atomic mass is 10.2. The Kier molecular flexibility index (Phi) is 3.61. The number of pyridine rings is 1. The molecule has 0 atom stereocenters. The highest BCUT2D eigenvalue weighted by Crippen LogP contribution is 2.17. The van der Waals surface area contributed by atoms with Gasteiger partial charge in [0, 0.05) is 45.6 Å². The summed E-state index contributed by atoms with van der Waals surface area (Å²) in [5.74, 6) is 1.46. The normalized spacial score (nSPS) is 14.7. The first-order valence-corrected chi connectivity index (χ1v) is 8.07. The fourth-order valence-electron chi connectivity index (χ4n) is 3.07. The molecule has 1 N–H and O–H groups in total. The Labute approximate surface area is 144 Å². The lowest BCUT2D eigenvalue weighted by molar-refractivity contribution is 0.634. The third-order valence-corrected chi connectivity index (χ3v) is 4.50. The van der Waals surface area contributed by atoms with E-state index in [2.05, 4.69) is 30.8 Å². The van der Waals surface area contributed by atoms with Gasteiger partial charge in [-0.15, -0.1) is 0 Å². The van der Waals surface area contributed by atoms with Crippen LogP contribution in [0.4, 0.5) is 11.8 Å². The molecule has 1 fully saturated rings. The fourth-order valence-corrected chi connectivity index (χ4v) is 3.07. The largest absolute Gasteiger partial charge is 0.353 e. The number of H-pyrrole nitrogens is 1. The van der Waals surface area contributed by atoms with Crippen LogP contribution < -0.4 is 15.4 Å². The Morgan fingerprint density at radius 3 is 2.60 bits per heavy atom. The van der Waals surface area contributed by atoms with Crippen LogP contribution in [-0.4, -0.2) is 45.7 Å². The molecule has 1 aliphatic rings. The highest BCUT2D eigenvalue weighted by atomic mass is 16.1. The average molecular weight is 335 g/mol. The second-order valence-corrected chi connectivity index (χ2v) is 6.04. The third kappa shape index (κ3) is 2.70. The van der Waals surface area contributed by atoms with Crippen LogP contribution in [0.1, 0.15) is 5.56 Å². The molecule has 0 spiro atoms. The van der Waals surface area contributed by atoms with Crippen molar-refractivity contribution in [1.29, 1.82) is 5.26 Å². The maximum absolute atomic E-state index is 12.2. The molecule has 0 unspecified atom stereocenters. The molecule has 4 rings (SSSR count). The second-order valence-electron chi connectivity index (χ2n) is 6.04. The van der Waals surface area contributed by atoms with E-state index in [0.29, 0.717) is 22.5 Å². The van der Waals surface area contributed by atoms with Gasteiger partial charge in [0.25, 0.3) is 5.56 Å². The molecule has 0 saturated carbocycles. The molecule has 126 valence electrons. The van der Waals surface area contributed by atoms with Crippen molar-refractivity contribution in [1.82, 2.24) is 19.5 Å². The molecular formula is C17H17N7O. The molecular weight excluding hydrogens is 318 g/mol. The molecule has 8 heteroatoms. The number of fused-ring (bicyclic) bond motifs is 1. The highest BCUT2D eigenvalue weighted by molar-refractivity contribution is 5.76. The molecule has 8 nitrogen and oxygen atoms in total. The summed E-state index contributed by atoms with van der Waals surface area (Å²) in [5.41, 5.74) is 1.13. The van der Waals surface area contributed by atoms with E-state index >= 15 is 0 Å². The van der Waals surface area contributed by atoms with E-state index in [1.54, 1.807) is 18.3 Å². The van der Waals surface area contributed by atoms with Crippen LogP contribution in [0.25, 0.3) is 11.0 Å². The maximum atomic E-state index is 12.2. The topological polar surface area (TPSA) is 93.8 Å². The number of anilines is 2. The zero-order valence-corrected chi connectivity index (χ0v) is 13.8. The van der Waals surface area contributed by atoms with E-state index in [9.17, 15) is 4.79 Å². The number of nitrogens with zero attached hydrogens (tertiary/aromatic N) is 6. The van der Waals surface area contributed by atoms with E-state index in [-0.39, 0.29) is 5.56 Å². The van der Waals surface area contributed by atoms with Gasteiger partial charge in [-0.05, 0) is 18.2 Å². The summed E-state index contributed by atoms with van der Waals surface area (Å²) in [5, 5.41) is 9.46. The van der Waals surface area contributed by atoms with E-state index in [0.717, 1.165) is 32.0 Å². The van der Waals surface area contributed by atoms with E-state index in [4.69, 9.17) is 5.26 Å².